The number of nitrogens with one attached hydrogen (secondary N) is 1. The van der Waals surface area contributed by atoms with Gasteiger partial charge in [-0.2, -0.15) is 18.3 Å². The maximum absolute atomic E-state index is 13.3. The number of hydrogen-bond donors (Lipinski definition) is 1. The van der Waals surface area contributed by atoms with E-state index in [1.165, 1.54) is 42.5 Å². The van der Waals surface area contributed by atoms with Crippen molar-refractivity contribution in [3.63, 3.8) is 0 Å². The van der Waals surface area contributed by atoms with Crippen LogP contribution in [0.5, 0.6) is 0 Å². The van der Waals surface area contributed by atoms with Crippen LogP contribution in [0.4, 0.5) is 24.5 Å². The highest BCUT2D eigenvalue weighted by atomic mass is 79.9. The van der Waals surface area contributed by atoms with Gasteiger partial charge in [-0.3, -0.25) is 14.9 Å². The average Bonchev–Trinajstić information content (AvgIpc) is 2.83. The summed E-state index contributed by atoms with van der Waals surface area (Å²) in [7, 11) is -4.44. The smallest absolute Gasteiger partial charge is 0.271 e. The van der Waals surface area contributed by atoms with E-state index in [-0.39, 0.29) is 16.1 Å². The van der Waals surface area contributed by atoms with Crippen molar-refractivity contribution in [2.45, 2.75) is 11.1 Å². The van der Waals surface area contributed by atoms with Crippen LogP contribution in [-0.4, -0.2) is 32.0 Å². The SMILES string of the molecule is O=C(CN(c1ccc(Br)cc1[N+](=O)[O-])S(=O)(=O)c1ccccc1)NN=Cc1cccc(C(F)(F)F)c1. The third kappa shape index (κ3) is 6.46. The number of carbonyl (C=O) groups is 1. The zero-order valence-electron chi connectivity index (χ0n) is 18.0. The van der Waals surface area contributed by atoms with E-state index in [4.69, 9.17) is 0 Å². The Balaban J connectivity index is 1.91. The van der Waals surface area contributed by atoms with Crippen LogP contribution in [0.15, 0.2) is 87.3 Å². The van der Waals surface area contributed by atoms with Gasteiger partial charge in [-0.25, -0.2) is 18.1 Å². The van der Waals surface area contributed by atoms with Gasteiger partial charge in [0.2, 0.25) is 0 Å². The van der Waals surface area contributed by atoms with E-state index >= 15 is 0 Å². The standard InChI is InChI=1S/C22H16BrF3N4O5S/c23-17-9-10-19(20(12-17)30(32)33)29(36(34,35)18-7-2-1-3-8-18)14-21(31)28-27-13-15-5-4-6-16(11-15)22(24,25)26/h1-13H,14H2,(H,28,31). The lowest BCUT2D eigenvalue weighted by atomic mass is 10.1. The number of nitro benzene ring substituents is 1. The first-order chi connectivity index (χ1) is 16.9. The van der Waals surface area contributed by atoms with Crippen LogP contribution in [0, 0.1) is 10.1 Å². The molecular weight excluding hydrogens is 569 g/mol. The molecule has 36 heavy (non-hydrogen) atoms. The van der Waals surface area contributed by atoms with Crippen LogP contribution in [0.2, 0.25) is 0 Å². The Labute approximate surface area is 211 Å². The van der Waals surface area contributed by atoms with Gasteiger partial charge < -0.3 is 0 Å². The molecular formula is C22H16BrF3N4O5S. The van der Waals surface area contributed by atoms with Crippen LogP contribution in [-0.2, 0) is 21.0 Å². The highest BCUT2D eigenvalue weighted by Gasteiger charge is 2.32. The molecule has 0 saturated carbocycles. The average molecular weight is 585 g/mol. The maximum atomic E-state index is 13.3. The number of carbonyl (C=O) groups excluding carboxylic acids is 1. The first-order valence-corrected chi connectivity index (χ1v) is 12.1. The Morgan fingerprint density at radius 2 is 1.78 bits per heavy atom. The Kier molecular flexibility index (Phi) is 8.10. The quantitative estimate of drug-likeness (QED) is 0.233. The van der Waals surface area contributed by atoms with Crippen molar-refractivity contribution >= 4 is 49.4 Å². The summed E-state index contributed by atoms with van der Waals surface area (Å²) in [5, 5.41) is 15.2. The first kappa shape index (κ1) is 26.8. The molecule has 0 aromatic heterocycles. The molecule has 9 nitrogen and oxygen atoms in total. The van der Waals surface area contributed by atoms with Gasteiger partial charge in [0.15, 0.2) is 0 Å². The minimum absolute atomic E-state index is 0.0300. The number of rotatable bonds is 8. The molecule has 0 atom stereocenters. The van der Waals surface area contributed by atoms with Crippen LogP contribution in [0.3, 0.4) is 0 Å². The van der Waals surface area contributed by atoms with Crippen LogP contribution < -0.4 is 9.73 Å². The third-order valence-corrected chi connectivity index (χ3v) is 6.91. The van der Waals surface area contributed by atoms with Crippen LogP contribution in [0.25, 0.3) is 0 Å². The summed E-state index contributed by atoms with van der Waals surface area (Å²) in [6, 6.07) is 14.8. The first-order valence-electron chi connectivity index (χ1n) is 9.90. The van der Waals surface area contributed by atoms with Crippen molar-refractivity contribution in [3.8, 4) is 0 Å². The molecule has 1 N–H and O–H groups in total. The van der Waals surface area contributed by atoms with E-state index in [1.54, 1.807) is 6.07 Å². The number of alkyl halides is 3. The number of sulfonamides is 1. The fourth-order valence-electron chi connectivity index (χ4n) is 3.01. The summed E-state index contributed by atoms with van der Waals surface area (Å²) in [5.41, 5.74) is 0.200. The van der Waals surface area contributed by atoms with Crippen molar-refractivity contribution < 1.29 is 31.3 Å². The summed E-state index contributed by atoms with van der Waals surface area (Å²) in [6.07, 6.45) is -3.62. The van der Waals surface area contributed by atoms with Gasteiger partial charge in [0, 0.05) is 10.5 Å². The van der Waals surface area contributed by atoms with Crippen molar-refractivity contribution in [2.75, 3.05) is 10.8 Å². The van der Waals surface area contributed by atoms with Gasteiger partial charge in [0.05, 0.1) is 21.6 Å². The minimum atomic E-state index is -4.57. The molecule has 0 aliphatic rings. The fraction of sp³-hybridized carbons (Fsp3) is 0.0909. The Morgan fingerprint density at radius 1 is 1.08 bits per heavy atom. The van der Waals surface area contributed by atoms with Gasteiger partial charge in [0.25, 0.3) is 21.6 Å². The van der Waals surface area contributed by atoms with Gasteiger partial charge in [0.1, 0.15) is 12.2 Å². The topological polar surface area (TPSA) is 122 Å². The molecule has 0 radical (unpaired) electrons. The summed E-state index contributed by atoms with van der Waals surface area (Å²) >= 11 is 3.09. The lowest BCUT2D eigenvalue weighted by Gasteiger charge is -2.23. The summed E-state index contributed by atoms with van der Waals surface area (Å²) in [4.78, 5) is 23.2. The number of amides is 1. The highest BCUT2D eigenvalue weighted by molar-refractivity contribution is 9.10. The lowest BCUT2D eigenvalue weighted by Crippen LogP contribution is -2.40. The van der Waals surface area contributed by atoms with Crippen molar-refractivity contribution in [1.29, 1.82) is 0 Å². The molecule has 0 heterocycles. The van der Waals surface area contributed by atoms with Crippen molar-refractivity contribution in [2.24, 2.45) is 5.10 Å². The predicted octanol–water partition coefficient (Wildman–Crippen LogP) is 4.72. The zero-order chi connectivity index (χ0) is 26.5. The molecule has 0 unspecified atom stereocenters. The summed E-state index contributed by atoms with van der Waals surface area (Å²) in [6.45, 7) is -0.903. The predicted molar refractivity (Wildman–Crippen MR) is 129 cm³/mol. The highest BCUT2D eigenvalue weighted by Crippen LogP contribution is 2.34. The molecule has 14 heteroatoms. The number of nitrogens with zero attached hydrogens (tertiary/aromatic N) is 3. The van der Waals surface area contributed by atoms with E-state index in [9.17, 15) is 36.5 Å². The number of halogens is 4. The van der Waals surface area contributed by atoms with E-state index in [0.29, 0.717) is 8.78 Å². The fourth-order valence-corrected chi connectivity index (χ4v) is 4.82. The number of nitro groups is 1. The summed E-state index contributed by atoms with van der Waals surface area (Å²) in [5.74, 6) is -0.991. The molecule has 1 amide bonds. The van der Waals surface area contributed by atoms with Crippen molar-refractivity contribution in [1.82, 2.24) is 5.43 Å². The van der Waals surface area contributed by atoms with Gasteiger partial charge in [-0.15, -0.1) is 0 Å². The molecule has 188 valence electrons. The zero-order valence-corrected chi connectivity index (χ0v) is 20.4. The molecule has 0 fully saturated rings. The Morgan fingerprint density at radius 3 is 2.42 bits per heavy atom. The van der Waals surface area contributed by atoms with Crippen LogP contribution in [0.1, 0.15) is 11.1 Å². The van der Waals surface area contributed by atoms with Gasteiger partial charge >= 0.3 is 6.18 Å². The van der Waals surface area contributed by atoms with Gasteiger partial charge in [-0.05, 0) is 42.0 Å². The number of hydrazone groups is 1. The lowest BCUT2D eigenvalue weighted by molar-refractivity contribution is -0.384. The van der Waals surface area contributed by atoms with E-state index < -0.39 is 44.8 Å². The molecule has 3 aromatic rings. The number of benzene rings is 3. The molecule has 0 aliphatic heterocycles. The van der Waals surface area contributed by atoms with E-state index in [2.05, 4.69) is 21.0 Å². The molecule has 3 aromatic carbocycles. The Bertz CT molecular complexity index is 1420. The third-order valence-electron chi connectivity index (χ3n) is 4.64. The molecule has 0 aliphatic carbocycles. The van der Waals surface area contributed by atoms with Crippen LogP contribution >= 0.6 is 15.9 Å². The second-order valence-electron chi connectivity index (χ2n) is 7.13. The molecule has 0 saturated heterocycles. The van der Waals surface area contributed by atoms with Gasteiger partial charge in [-0.1, -0.05) is 46.3 Å². The molecule has 0 spiro atoms. The molecule has 0 bridgehead atoms. The monoisotopic (exact) mass is 584 g/mol. The minimum Gasteiger partial charge on any atom is -0.271 e. The second kappa shape index (κ2) is 10.9. The van der Waals surface area contributed by atoms with E-state index in [0.717, 1.165) is 30.5 Å². The summed E-state index contributed by atoms with van der Waals surface area (Å²) < 4.78 is 66.1. The number of anilines is 1. The molecule has 3 rings (SSSR count). The van der Waals surface area contributed by atoms with Crippen molar-refractivity contribution in [3.05, 3.63) is 98.5 Å². The Hall–Kier alpha value is -3.78. The van der Waals surface area contributed by atoms with E-state index in [1.807, 2.05) is 5.43 Å². The number of hydrogen-bond acceptors (Lipinski definition) is 6. The normalized spacial score (nSPS) is 11.9. The largest absolute Gasteiger partial charge is 0.416 e. The second-order valence-corrected chi connectivity index (χ2v) is 9.91. The maximum Gasteiger partial charge on any atom is 0.416 e.